The molecule has 0 aliphatic heterocycles. The maximum Gasteiger partial charge on any atom is 0.270 e. The summed E-state index contributed by atoms with van der Waals surface area (Å²) in [5, 5.41) is 2.92. The summed E-state index contributed by atoms with van der Waals surface area (Å²) >= 11 is 0. The summed E-state index contributed by atoms with van der Waals surface area (Å²) < 4.78 is 5.35. The summed E-state index contributed by atoms with van der Waals surface area (Å²) in [4.78, 5) is 23.0. The molecule has 1 aromatic heterocycles. The monoisotopic (exact) mass is 376 g/mol. The summed E-state index contributed by atoms with van der Waals surface area (Å²) in [6, 6.07) is 19.5. The molecule has 3 aromatic rings. The number of carbonyl (C=O) groups excluding carboxylic acids is 1. The molecular weight excluding hydrogens is 352 g/mol. The average molecular weight is 376 g/mol. The highest BCUT2D eigenvalue weighted by Crippen LogP contribution is 2.23. The van der Waals surface area contributed by atoms with Gasteiger partial charge in [0.25, 0.3) is 5.91 Å². The van der Waals surface area contributed by atoms with Gasteiger partial charge in [-0.2, -0.15) is 0 Å². The van der Waals surface area contributed by atoms with Gasteiger partial charge in [0.15, 0.2) is 0 Å². The topological polar surface area (TPSA) is 67.4 Å². The number of hydrogen-bond donors (Lipinski definition) is 1. The van der Waals surface area contributed by atoms with Gasteiger partial charge < -0.3 is 15.0 Å². The van der Waals surface area contributed by atoms with Crippen molar-refractivity contribution < 1.29 is 9.53 Å². The largest absolute Gasteiger partial charge is 0.496 e. The molecule has 0 atom stereocenters. The van der Waals surface area contributed by atoms with Gasteiger partial charge in [0.05, 0.1) is 7.11 Å². The Kier molecular flexibility index (Phi) is 6.57. The lowest BCUT2D eigenvalue weighted by atomic mass is 10.1. The van der Waals surface area contributed by atoms with E-state index in [9.17, 15) is 4.79 Å². The third-order valence-corrected chi connectivity index (χ3v) is 4.42. The summed E-state index contributed by atoms with van der Waals surface area (Å²) in [6.45, 7) is 3.27. The SMILES string of the molecule is CCN(c1ccccc1)c1cc(C(=O)NCCc2ccccc2OC)ncn1. The standard InChI is InChI=1S/C22H24N4O2/c1-3-26(18-10-5-4-6-11-18)21-15-19(24-16-25-21)22(27)23-14-13-17-9-7-8-12-20(17)28-2/h4-12,15-16H,3,13-14H2,1-2H3,(H,23,27). The molecule has 0 saturated carbocycles. The van der Waals surface area contributed by atoms with E-state index in [1.807, 2.05) is 66.4 Å². The number of nitrogens with zero attached hydrogens (tertiary/aromatic N) is 3. The summed E-state index contributed by atoms with van der Waals surface area (Å²) in [5.74, 6) is 1.30. The van der Waals surface area contributed by atoms with E-state index >= 15 is 0 Å². The summed E-state index contributed by atoms with van der Waals surface area (Å²) in [6.07, 6.45) is 2.11. The highest BCUT2D eigenvalue weighted by molar-refractivity contribution is 5.93. The van der Waals surface area contributed by atoms with E-state index in [1.54, 1.807) is 13.2 Å². The Labute approximate surface area is 165 Å². The van der Waals surface area contributed by atoms with E-state index in [2.05, 4.69) is 15.3 Å². The lowest BCUT2D eigenvalue weighted by molar-refractivity contribution is 0.0949. The zero-order valence-electron chi connectivity index (χ0n) is 16.1. The Morgan fingerprint density at radius 2 is 1.82 bits per heavy atom. The fourth-order valence-electron chi connectivity index (χ4n) is 3.01. The first-order valence-electron chi connectivity index (χ1n) is 9.27. The fraction of sp³-hybridized carbons (Fsp3) is 0.227. The number of nitrogens with one attached hydrogen (secondary N) is 1. The molecule has 0 spiro atoms. The van der Waals surface area contributed by atoms with Crippen molar-refractivity contribution in [2.75, 3.05) is 25.1 Å². The molecular formula is C22H24N4O2. The maximum absolute atomic E-state index is 12.5. The molecule has 144 valence electrons. The Morgan fingerprint density at radius 1 is 1.07 bits per heavy atom. The van der Waals surface area contributed by atoms with E-state index in [4.69, 9.17) is 4.74 Å². The minimum absolute atomic E-state index is 0.220. The van der Waals surface area contributed by atoms with Crippen LogP contribution in [0, 0.1) is 0 Å². The van der Waals surface area contributed by atoms with Crippen molar-refractivity contribution in [1.29, 1.82) is 0 Å². The number of ether oxygens (including phenoxy) is 1. The molecule has 2 aromatic carbocycles. The second-order valence-corrected chi connectivity index (χ2v) is 6.16. The third kappa shape index (κ3) is 4.65. The minimum atomic E-state index is -0.220. The Bertz CT molecular complexity index is 915. The van der Waals surface area contributed by atoms with Crippen molar-refractivity contribution in [1.82, 2.24) is 15.3 Å². The molecule has 0 fully saturated rings. The Hall–Kier alpha value is -3.41. The van der Waals surface area contributed by atoms with E-state index in [0.717, 1.165) is 23.5 Å². The van der Waals surface area contributed by atoms with Gasteiger partial charge in [-0.3, -0.25) is 4.79 Å². The van der Waals surface area contributed by atoms with E-state index in [-0.39, 0.29) is 5.91 Å². The van der Waals surface area contributed by atoms with Crippen LogP contribution in [-0.4, -0.2) is 36.1 Å². The van der Waals surface area contributed by atoms with Crippen LogP contribution < -0.4 is 15.0 Å². The van der Waals surface area contributed by atoms with Gasteiger partial charge in [-0.1, -0.05) is 36.4 Å². The van der Waals surface area contributed by atoms with Crippen molar-refractivity contribution in [2.45, 2.75) is 13.3 Å². The number of hydrogen-bond acceptors (Lipinski definition) is 5. The molecule has 1 amide bonds. The van der Waals surface area contributed by atoms with Crippen molar-refractivity contribution >= 4 is 17.4 Å². The zero-order valence-corrected chi connectivity index (χ0v) is 16.1. The maximum atomic E-state index is 12.5. The molecule has 28 heavy (non-hydrogen) atoms. The number of aromatic nitrogens is 2. The molecule has 3 rings (SSSR count). The van der Waals surface area contributed by atoms with E-state index < -0.39 is 0 Å². The summed E-state index contributed by atoms with van der Waals surface area (Å²) in [5.41, 5.74) is 2.42. The van der Waals surface area contributed by atoms with Gasteiger partial charge in [0, 0.05) is 24.8 Å². The van der Waals surface area contributed by atoms with Crippen molar-refractivity contribution in [3.05, 3.63) is 78.2 Å². The lowest BCUT2D eigenvalue weighted by Gasteiger charge is -2.22. The first kappa shape index (κ1) is 19.4. The van der Waals surface area contributed by atoms with Gasteiger partial charge in [-0.05, 0) is 37.1 Å². The number of benzene rings is 2. The molecule has 0 saturated heterocycles. The Morgan fingerprint density at radius 3 is 2.57 bits per heavy atom. The third-order valence-electron chi connectivity index (χ3n) is 4.42. The molecule has 0 unspecified atom stereocenters. The van der Waals surface area contributed by atoms with Crippen LogP contribution in [0.2, 0.25) is 0 Å². The number of anilines is 2. The first-order valence-corrected chi connectivity index (χ1v) is 9.27. The molecule has 0 aliphatic rings. The molecule has 6 nitrogen and oxygen atoms in total. The lowest BCUT2D eigenvalue weighted by Crippen LogP contribution is -2.27. The number of amides is 1. The van der Waals surface area contributed by atoms with Gasteiger partial charge >= 0.3 is 0 Å². The smallest absolute Gasteiger partial charge is 0.270 e. The fourth-order valence-corrected chi connectivity index (χ4v) is 3.01. The van der Waals surface area contributed by atoms with E-state index in [0.29, 0.717) is 24.5 Å². The van der Waals surface area contributed by atoms with E-state index in [1.165, 1.54) is 6.33 Å². The van der Waals surface area contributed by atoms with Crippen LogP contribution >= 0.6 is 0 Å². The van der Waals surface area contributed by atoms with Crippen molar-refractivity contribution in [2.24, 2.45) is 0 Å². The molecule has 1 N–H and O–H groups in total. The molecule has 0 bridgehead atoms. The predicted molar refractivity (Wildman–Crippen MR) is 110 cm³/mol. The van der Waals surface area contributed by atoms with Gasteiger partial charge in [-0.15, -0.1) is 0 Å². The quantitative estimate of drug-likeness (QED) is 0.650. The highest BCUT2D eigenvalue weighted by atomic mass is 16.5. The van der Waals surface area contributed by atoms with Crippen molar-refractivity contribution in [3.8, 4) is 5.75 Å². The van der Waals surface area contributed by atoms with Gasteiger partial charge in [-0.25, -0.2) is 9.97 Å². The van der Waals surface area contributed by atoms with Crippen LogP contribution in [0.1, 0.15) is 23.0 Å². The number of carbonyl (C=O) groups is 1. The van der Waals surface area contributed by atoms with Crippen LogP contribution in [0.4, 0.5) is 11.5 Å². The number of rotatable bonds is 8. The molecule has 0 radical (unpaired) electrons. The van der Waals surface area contributed by atoms with Crippen molar-refractivity contribution in [3.63, 3.8) is 0 Å². The second-order valence-electron chi connectivity index (χ2n) is 6.16. The highest BCUT2D eigenvalue weighted by Gasteiger charge is 2.13. The van der Waals surface area contributed by atoms with Crippen LogP contribution in [0.15, 0.2) is 67.0 Å². The van der Waals surface area contributed by atoms with Crippen LogP contribution in [0.25, 0.3) is 0 Å². The number of methoxy groups -OCH3 is 1. The van der Waals surface area contributed by atoms with Crippen LogP contribution in [-0.2, 0) is 6.42 Å². The zero-order chi connectivity index (χ0) is 19.8. The number of para-hydroxylation sites is 2. The van der Waals surface area contributed by atoms with Crippen LogP contribution in [0.5, 0.6) is 5.75 Å². The molecule has 1 heterocycles. The first-order chi connectivity index (χ1) is 13.7. The normalized spacial score (nSPS) is 10.4. The van der Waals surface area contributed by atoms with Gasteiger partial charge in [0.1, 0.15) is 23.6 Å². The predicted octanol–water partition coefficient (Wildman–Crippen LogP) is 3.62. The Balaban J connectivity index is 1.67. The summed E-state index contributed by atoms with van der Waals surface area (Å²) in [7, 11) is 1.64. The average Bonchev–Trinajstić information content (AvgIpc) is 2.75. The molecule has 0 aliphatic carbocycles. The molecule has 6 heteroatoms. The second kappa shape index (κ2) is 9.50. The van der Waals surface area contributed by atoms with Gasteiger partial charge in [0.2, 0.25) is 0 Å². The van der Waals surface area contributed by atoms with Crippen LogP contribution in [0.3, 0.4) is 0 Å². The minimum Gasteiger partial charge on any atom is -0.496 e.